The number of hydrogen-bond donors (Lipinski definition) is 1. The van der Waals surface area contributed by atoms with Crippen LogP contribution in [0.4, 0.5) is 5.69 Å². The van der Waals surface area contributed by atoms with Crippen LogP contribution in [0.25, 0.3) is 0 Å². The molecule has 0 unspecified atom stereocenters. The summed E-state index contributed by atoms with van der Waals surface area (Å²) in [6, 6.07) is 8.70. The second-order valence-electron chi connectivity index (χ2n) is 9.11. The Balaban J connectivity index is 1.97. The van der Waals surface area contributed by atoms with Gasteiger partial charge in [-0.1, -0.05) is 43.1 Å². The third kappa shape index (κ3) is 7.45. The number of halogens is 2. The molecule has 9 nitrogen and oxygen atoms in total. The van der Waals surface area contributed by atoms with Gasteiger partial charge in [0.15, 0.2) is 11.5 Å². The Hall–Kier alpha value is -2.69. The molecule has 0 spiro atoms. The number of sulfonamides is 1. The molecule has 2 aromatic carbocycles. The van der Waals surface area contributed by atoms with Crippen LogP contribution in [-0.2, 0) is 26.2 Å². The largest absolute Gasteiger partial charge is 0.486 e. The van der Waals surface area contributed by atoms with Gasteiger partial charge in [0, 0.05) is 18.7 Å². The van der Waals surface area contributed by atoms with Gasteiger partial charge < -0.3 is 19.7 Å². The van der Waals surface area contributed by atoms with Crippen LogP contribution in [0.15, 0.2) is 36.4 Å². The van der Waals surface area contributed by atoms with E-state index < -0.39 is 28.5 Å². The quantitative estimate of drug-likeness (QED) is 0.422. The van der Waals surface area contributed by atoms with Crippen molar-refractivity contribution in [3.63, 3.8) is 0 Å². The Morgan fingerprint density at radius 1 is 1.00 bits per heavy atom. The molecule has 12 heteroatoms. The molecule has 3 rings (SSSR count). The average Bonchev–Trinajstić information content (AvgIpc) is 2.88. The van der Waals surface area contributed by atoms with Crippen molar-refractivity contribution < 1.29 is 27.5 Å². The van der Waals surface area contributed by atoms with Crippen molar-refractivity contribution in [2.75, 3.05) is 30.3 Å². The fourth-order valence-corrected chi connectivity index (χ4v) is 5.16. The number of anilines is 1. The maximum atomic E-state index is 13.8. The number of benzene rings is 2. The van der Waals surface area contributed by atoms with Crippen LogP contribution in [0.5, 0.6) is 11.5 Å². The number of rotatable bonds is 11. The van der Waals surface area contributed by atoms with Gasteiger partial charge in [-0.25, -0.2) is 8.42 Å². The second kappa shape index (κ2) is 12.9. The Kier molecular flexibility index (Phi) is 10.1. The first-order valence-electron chi connectivity index (χ1n) is 12.4. The molecule has 2 atom stereocenters. The van der Waals surface area contributed by atoms with Gasteiger partial charge in [0.2, 0.25) is 21.8 Å². The van der Waals surface area contributed by atoms with Crippen molar-refractivity contribution >= 4 is 50.7 Å². The smallest absolute Gasteiger partial charge is 0.244 e. The SMILES string of the molecule is CC[C@H](C(=O)N[C@@H](C)CC)N(Cc1ccc(Cl)c(Cl)c1)C(=O)CN(c1ccc2c(c1)OCCO2)S(C)(=O)=O. The molecule has 1 N–H and O–H groups in total. The molecule has 38 heavy (non-hydrogen) atoms. The van der Waals surface area contributed by atoms with Gasteiger partial charge in [0.05, 0.1) is 22.0 Å². The summed E-state index contributed by atoms with van der Waals surface area (Å²) < 4.78 is 37.8. The van der Waals surface area contributed by atoms with Crippen LogP contribution in [0, 0.1) is 0 Å². The van der Waals surface area contributed by atoms with Gasteiger partial charge in [-0.3, -0.25) is 13.9 Å². The van der Waals surface area contributed by atoms with Gasteiger partial charge in [-0.05, 0) is 49.6 Å². The number of fused-ring (bicyclic) bond motifs is 1. The zero-order chi connectivity index (χ0) is 28.0. The molecule has 0 saturated carbocycles. The second-order valence-corrected chi connectivity index (χ2v) is 11.8. The van der Waals surface area contributed by atoms with Gasteiger partial charge in [0.25, 0.3) is 0 Å². The Bertz CT molecular complexity index is 1270. The summed E-state index contributed by atoms with van der Waals surface area (Å²) in [5.41, 5.74) is 0.893. The van der Waals surface area contributed by atoms with Crippen molar-refractivity contribution in [2.24, 2.45) is 0 Å². The van der Waals surface area contributed by atoms with E-state index >= 15 is 0 Å². The van der Waals surface area contributed by atoms with E-state index in [0.717, 1.165) is 17.0 Å². The maximum absolute atomic E-state index is 13.8. The fraction of sp³-hybridized carbons (Fsp3) is 0.462. The standard InChI is InChI=1S/C26H33Cl2N3O6S/c1-5-17(3)29-26(33)22(6-2)30(15-18-7-9-20(27)21(28)13-18)25(32)16-31(38(4,34)35)19-8-10-23-24(14-19)37-12-11-36-23/h7-10,13-14,17,22H,5-6,11-12,15-16H2,1-4H3,(H,29,33)/t17-,22+/m0/s1. The van der Waals surface area contributed by atoms with Crippen LogP contribution in [0.2, 0.25) is 10.0 Å². The predicted molar refractivity (Wildman–Crippen MR) is 149 cm³/mol. The first-order chi connectivity index (χ1) is 17.9. The van der Waals surface area contributed by atoms with E-state index in [1.54, 1.807) is 37.3 Å². The molecule has 0 radical (unpaired) electrons. The minimum Gasteiger partial charge on any atom is -0.486 e. The molecule has 1 heterocycles. The number of nitrogens with one attached hydrogen (secondary N) is 1. The normalized spacial score (nSPS) is 14.4. The van der Waals surface area contributed by atoms with Crippen molar-refractivity contribution in [3.05, 3.63) is 52.0 Å². The fourth-order valence-electron chi connectivity index (χ4n) is 4.00. The molecule has 1 aliphatic rings. The van der Waals surface area contributed by atoms with Crippen LogP contribution in [0.3, 0.4) is 0 Å². The zero-order valence-electron chi connectivity index (χ0n) is 21.9. The molecule has 0 saturated heterocycles. The molecular formula is C26H33Cl2N3O6S. The Morgan fingerprint density at radius 2 is 1.68 bits per heavy atom. The molecule has 0 fully saturated rings. The summed E-state index contributed by atoms with van der Waals surface area (Å²) in [5, 5.41) is 3.60. The van der Waals surface area contributed by atoms with E-state index in [0.29, 0.717) is 46.7 Å². The van der Waals surface area contributed by atoms with Crippen LogP contribution in [0.1, 0.15) is 39.2 Å². The zero-order valence-corrected chi connectivity index (χ0v) is 24.2. The number of hydrogen-bond acceptors (Lipinski definition) is 6. The molecule has 1 aliphatic heterocycles. The third-order valence-corrected chi connectivity index (χ3v) is 8.10. The van der Waals surface area contributed by atoms with E-state index in [9.17, 15) is 18.0 Å². The van der Waals surface area contributed by atoms with Crippen molar-refractivity contribution in [3.8, 4) is 11.5 Å². The van der Waals surface area contributed by atoms with Crippen LogP contribution < -0.4 is 19.1 Å². The van der Waals surface area contributed by atoms with Crippen molar-refractivity contribution in [2.45, 2.75) is 52.2 Å². The number of amides is 2. The van der Waals surface area contributed by atoms with Crippen LogP contribution >= 0.6 is 23.2 Å². The summed E-state index contributed by atoms with van der Waals surface area (Å²) >= 11 is 12.3. The molecule has 0 aromatic heterocycles. The minimum atomic E-state index is -3.88. The van der Waals surface area contributed by atoms with E-state index in [1.807, 2.05) is 13.8 Å². The highest BCUT2D eigenvalue weighted by Gasteiger charge is 2.32. The maximum Gasteiger partial charge on any atom is 0.244 e. The van der Waals surface area contributed by atoms with E-state index in [4.69, 9.17) is 32.7 Å². The molecule has 2 aromatic rings. The van der Waals surface area contributed by atoms with Crippen molar-refractivity contribution in [1.82, 2.24) is 10.2 Å². The van der Waals surface area contributed by atoms with Gasteiger partial charge in [-0.2, -0.15) is 0 Å². The summed E-state index contributed by atoms with van der Waals surface area (Å²) in [5.74, 6) is 0.0127. The predicted octanol–water partition coefficient (Wildman–Crippen LogP) is 4.25. The first-order valence-corrected chi connectivity index (χ1v) is 15.0. The highest BCUT2D eigenvalue weighted by molar-refractivity contribution is 7.92. The lowest BCUT2D eigenvalue weighted by atomic mass is 10.1. The molecule has 0 bridgehead atoms. The first kappa shape index (κ1) is 29.9. The highest BCUT2D eigenvalue weighted by Crippen LogP contribution is 2.35. The number of carbonyl (C=O) groups is 2. The third-order valence-electron chi connectivity index (χ3n) is 6.22. The van der Waals surface area contributed by atoms with E-state index in [-0.39, 0.29) is 24.2 Å². The number of nitrogens with zero attached hydrogens (tertiary/aromatic N) is 2. The van der Waals surface area contributed by atoms with E-state index in [2.05, 4.69) is 5.32 Å². The van der Waals surface area contributed by atoms with Gasteiger partial charge >= 0.3 is 0 Å². The lowest BCUT2D eigenvalue weighted by Crippen LogP contribution is -2.53. The Morgan fingerprint density at radius 3 is 2.29 bits per heavy atom. The highest BCUT2D eigenvalue weighted by atomic mass is 35.5. The Labute approximate surface area is 234 Å². The molecule has 208 valence electrons. The number of ether oxygens (including phenoxy) is 2. The lowest BCUT2D eigenvalue weighted by molar-refractivity contribution is -0.140. The molecule has 2 amide bonds. The summed E-state index contributed by atoms with van der Waals surface area (Å²) in [6.07, 6.45) is 2.06. The summed E-state index contributed by atoms with van der Waals surface area (Å²) in [7, 11) is -3.88. The van der Waals surface area contributed by atoms with Gasteiger partial charge in [-0.15, -0.1) is 0 Å². The lowest BCUT2D eigenvalue weighted by Gasteiger charge is -2.33. The van der Waals surface area contributed by atoms with Crippen LogP contribution in [-0.4, -0.2) is 63.2 Å². The minimum absolute atomic E-state index is 0.0287. The topological polar surface area (TPSA) is 105 Å². The average molecular weight is 587 g/mol. The van der Waals surface area contributed by atoms with Crippen molar-refractivity contribution in [1.29, 1.82) is 0 Å². The number of carbonyl (C=O) groups excluding carboxylic acids is 2. The monoisotopic (exact) mass is 585 g/mol. The van der Waals surface area contributed by atoms with E-state index in [1.165, 1.54) is 11.0 Å². The summed E-state index contributed by atoms with van der Waals surface area (Å²) in [6.45, 7) is 5.85. The molecule has 0 aliphatic carbocycles. The summed E-state index contributed by atoms with van der Waals surface area (Å²) in [4.78, 5) is 28.4. The molecular weight excluding hydrogens is 553 g/mol. The van der Waals surface area contributed by atoms with Gasteiger partial charge in [0.1, 0.15) is 25.8 Å².